The number of carbonyl (C=O) groups excluding carboxylic acids is 1. The summed E-state index contributed by atoms with van der Waals surface area (Å²) in [5, 5.41) is 12.3. The molecular weight excluding hydrogens is 252 g/mol. The number of nitrogens with one attached hydrogen (secondary N) is 2. The first-order valence-electron chi connectivity index (χ1n) is 7.46. The molecule has 0 saturated heterocycles. The van der Waals surface area contributed by atoms with E-state index in [4.69, 9.17) is 5.21 Å². The minimum Gasteiger partial charge on any atom is -0.382 e. The molecule has 1 atom stereocenters. The van der Waals surface area contributed by atoms with Crippen LogP contribution in [0.4, 0.5) is 5.69 Å². The largest absolute Gasteiger partial charge is 0.382 e. The van der Waals surface area contributed by atoms with E-state index in [2.05, 4.69) is 35.9 Å². The second-order valence-corrected chi connectivity index (χ2v) is 5.00. The number of aryl methyl sites for hydroxylation is 1. The first-order valence-corrected chi connectivity index (χ1v) is 7.46. The number of carbonyl (C=O) groups is 1. The zero-order valence-electron chi connectivity index (χ0n) is 12.3. The molecule has 20 heavy (non-hydrogen) atoms. The van der Waals surface area contributed by atoms with E-state index in [-0.39, 0.29) is 0 Å². The highest BCUT2D eigenvalue weighted by Crippen LogP contribution is 2.19. The quantitative estimate of drug-likeness (QED) is 0.330. The summed E-state index contributed by atoms with van der Waals surface area (Å²) in [6.45, 7) is 2.72. The van der Waals surface area contributed by atoms with Crippen LogP contribution >= 0.6 is 0 Å². The fraction of sp³-hybridized carbons (Fsp3) is 0.562. The molecule has 0 amide bonds. The van der Waals surface area contributed by atoms with E-state index in [9.17, 15) is 4.79 Å². The molecule has 0 radical (unpaired) electrons. The summed E-state index contributed by atoms with van der Waals surface area (Å²) < 4.78 is 0. The first-order chi connectivity index (χ1) is 9.81. The van der Waals surface area contributed by atoms with Crippen molar-refractivity contribution in [3.63, 3.8) is 0 Å². The lowest BCUT2D eigenvalue weighted by Gasteiger charge is -2.21. The summed E-state index contributed by atoms with van der Waals surface area (Å²) in [5.74, 6) is 0. The Morgan fingerprint density at radius 3 is 2.75 bits per heavy atom. The smallest absolute Gasteiger partial charge is 0.119 e. The van der Waals surface area contributed by atoms with Crippen molar-refractivity contribution in [2.75, 3.05) is 11.9 Å². The molecule has 0 aliphatic rings. The summed E-state index contributed by atoms with van der Waals surface area (Å²) in [6, 6.07) is 8.64. The van der Waals surface area contributed by atoms with Gasteiger partial charge < -0.3 is 15.3 Å². The third-order valence-corrected chi connectivity index (χ3v) is 3.49. The summed E-state index contributed by atoms with van der Waals surface area (Å²) in [4.78, 5) is 10.3. The van der Waals surface area contributed by atoms with E-state index in [0.717, 1.165) is 38.4 Å². The van der Waals surface area contributed by atoms with Crippen molar-refractivity contribution in [1.29, 1.82) is 0 Å². The topological polar surface area (TPSA) is 61.4 Å². The fourth-order valence-electron chi connectivity index (χ4n) is 2.34. The summed E-state index contributed by atoms with van der Waals surface area (Å²) >= 11 is 0. The van der Waals surface area contributed by atoms with Crippen molar-refractivity contribution in [1.82, 2.24) is 5.48 Å². The molecule has 4 heteroatoms. The van der Waals surface area contributed by atoms with Gasteiger partial charge in [-0.1, -0.05) is 31.5 Å². The van der Waals surface area contributed by atoms with Gasteiger partial charge in [-0.3, -0.25) is 0 Å². The minimum absolute atomic E-state index is 0.314. The van der Waals surface area contributed by atoms with Crippen molar-refractivity contribution in [2.45, 2.75) is 51.5 Å². The zero-order chi connectivity index (χ0) is 14.6. The van der Waals surface area contributed by atoms with Crippen molar-refractivity contribution < 1.29 is 10.0 Å². The van der Waals surface area contributed by atoms with Crippen LogP contribution in [0.3, 0.4) is 0 Å². The first kappa shape index (κ1) is 16.7. The molecule has 4 nitrogen and oxygen atoms in total. The van der Waals surface area contributed by atoms with Gasteiger partial charge in [-0.05, 0) is 37.3 Å². The lowest BCUT2D eigenvalue weighted by Crippen LogP contribution is -2.25. The van der Waals surface area contributed by atoms with Crippen LogP contribution in [0.5, 0.6) is 0 Å². The molecule has 0 bridgehead atoms. The van der Waals surface area contributed by atoms with E-state index < -0.39 is 0 Å². The number of para-hydroxylation sites is 1. The molecule has 1 aromatic rings. The summed E-state index contributed by atoms with van der Waals surface area (Å²) in [7, 11) is 0. The van der Waals surface area contributed by atoms with Gasteiger partial charge in [0.2, 0.25) is 0 Å². The lowest BCUT2D eigenvalue weighted by molar-refractivity contribution is -0.107. The molecule has 0 aliphatic heterocycles. The third-order valence-electron chi connectivity index (χ3n) is 3.49. The Morgan fingerprint density at radius 1 is 1.25 bits per heavy atom. The summed E-state index contributed by atoms with van der Waals surface area (Å²) in [5.41, 5.74) is 4.70. The molecule has 0 fully saturated rings. The molecule has 0 heterocycles. The molecule has 1 unspecified atom stereocenters. The van der Waals surface area contributed by atoms with Crippen LogP contribution in [0.15, 0.2) is 24.3 Å². The highest BCUT2D eigenvalue weighted by Gasteiger charge is 2.10. The number of aldehydes is 1. The van der Waals surface area contributed by atoms with E-state index in [1.165, 1.54) is 11.3 Å². The molecule has 0 aliphatic carbocycles. The normalized spacial score (nSPS) is 12.1. The van der Waals surface area contributed by atoms with Crippen LogP contribution in [0.25, 0.3) is 0 Å². The van der Waals surface area contributed by atoms with Crippen LogP contribution in [-0.4, -0.2) is 24.1 Å². The Kier molecular flexibility index (Phi) is 8.67. The molecule has 1 aromatic carbocycles. The number of hydroxylamine groups is 1. The SMILES string of the molecule is CCc1ccccc1NC(CCCCC=O)CCNO. The van der Waals surface area contributed by atoms with Gasteiger partial charge >= 0.3 is 0 Å². The Labute approximate surface area is 121 Å². The van der Waals surface area contributed by atoms with E-state index in [0.29, 0.717) is 19.0 Å². The van der Waals surface area contributed by atoms with Crippen LogP contribution in [0.2, 0.25) is 0 Å². The van der Waals surface area contributed by atoms with Gasteiger partial charge in [0.1, 0.15) is 6.29 Å². The minimum atomic E-state index is 0.314. The molecule has 0 saturated carbocycles. The van der Waals surface area contributed by atoms with Crippen molar-refractivity contribution >= 4 is 12.0 Å². The average Bonchev–Trinajstić information content (AvgIpc) is 2.49. The van der Waals surface area contributed by atoms with Gasteiger partial charge in [0, 0.05) is 24.7 Å². The molecule has 1 rings (SSSR count). The fourth-order valence-corrected chi connectivity index (χ4v) is 2.34. The van der Waals surface area contributed by atoms with Gasteiger partial charge in [0.05, 0.1) is 0 Å². The third kappa shape index (κ3) is 6.17. The monoisotopic (exact) mass is 278 g/mol. The maximum absolute atomic E-state index is 10.3. The predicted molar refractivity (Wildman–Crippen MR) is 82.2 cm³/mol. The van der Waals surface area contributed by atoms with Crippen LogP contribution in [-0.2, 0) is 11.2 Å². The van der Waals surface area contributed by atoms with E-state index in [1.54, 1.807) is 0 Å². The molecule has 0 spiro atoms. The van der Waals surface area contributed by atoms with Crippen molar-refractivity contribution in [3.8, 4) is 0 Å². The van der Waals surface area contributed by atoms with Crippen molar-refractivity contribution in [2.24, 2.45) is 0 Å². The average molecular weight is 278 g/mol. The summed E-state index contributed by atoms with van der Waals surface area (Å²) in [6.07, 6.45) is 6.43. The van der Waals surface area contributed by atoms with Gasteiger partial charge in [0.15, 0.2) is 0 Å². The van der Waals surface area contributed by atoms with Crippen molar-refractivity contribution in [3.05, 3.63) is 29.8 Å². The predicted octanol–water partition coefficient (Wildman–Crippen LogP) is 3.16. The maximum Gasteiger partial charge on any atom is 0.119 e. The second-order valence-electron chi connectivity index (χ2n) is 5.00. The number of benzene rings is 1. The number of rotatable bonds is 11. The Morgan fingerprint density at radius 2 is 2.05 bits per heavy atom. The van der Waals surface area contributed by atoms with E-state index >= 15 is 0 Å². The van der Waals surface area contributed by atoms with Gasteiger partial charge in [-0.2, -0.15) is 0 Å². The standard InChI is InChI=1S/C16H26N2O2/c1-2-14-8-5-6-10-16(14)18-15(11-12-17-20)9-4-3-7-13-19/h5-6,8,10,13,15,17-18,20H,2-4,7,9,11-12H2,1H3. The Hall–Kier alpha value is -1.39. The molecule has 112 valence electrons. The van der Waals surface area contributed by atoms with Crippen LogP contribution < -0.4 is 10.8 Å². The second kappa shape index (κ2) is 10.4. The Balaban J connectivity index is 2.55. The van der Waals surface area contributed by atoms with Gasteiger partial charge in [-0.15, -0.1) is 0 Å². The lowest BCUT2D eigenvalue weighted by atomic mass is 10.0. The highest BCUT2D eigenvalue weighted by molar-refractivity contribution is 5.51. The zero-order valence-corrected chi connectivity index (χ0v) is 12.3. The van der Waals surface area contributed by atoms with Crippen LogP contribution in [0, 0.1) is 0 Å². The maximum atomic E-state index is 10.3. The Bertz CT molecular complexity index is 382. The number of unbranched alkanes of at least 4 members (excludes halogenated alkanes) is 2. The number of hydrogen-bond acceptors (Lipinski definition) is 4. The van der Waals surface area contributed by atoms with Gasteiger partial charge in [-0.25, -0.2) is 5.48 Å². The van der Waals surface area contributed by atoms with Crippen LogP contribution in [0.1, 0.15) is 44.6 Å². The number of anilines is 1. The van der Waals surface area contributed by atoms with Gasteiger partial charge in [0.25, 0.3) is 0 Å². The number of hydrogen-bond donors (Lipinski definition) is 3. The molecule has 3 N–H and O–H groups in total. The highest BCUT2D eigenvalue weighted by atomic mass is 16.5. The molecule has 0 aromatic heterocycles. The molecular formula is C16H26N2O2. The van der Waals surface area contributed by atoms with E-state index in [1.807, 2.05) is 6.07 Å².